The van der Waals surface area contributed by atoms with Crippen LogP contribution in [0.25, 0.3) is 0 Å². The highest BCUT2D eigenvalue weighted by atomic mass is 32.2. The van der Waals surface area contributed by atoms with Crippen molar-refractivity contribution in [1.82, 2.24) is 14.3 Å². The summed E-state index contributed by atoms with van der Waals surface area (Å²) in [7, 11) is -2.07. The summed E-state index contributed by atoms with van der Waals surface area (Å²) < 4.78 is 38.4. The fourth-order valence-corrected chi connectivity index (χ4v) is 5.13. The van der Waals surface area contributed by atoms with Crippen molar-refractivity contribution >= 4 is 15.8 Å². The standard InChI is InChI=1S/C19H24N4O4S/c1-26-15-5-4-6-17(11-15)28(24,25)23-10-7-16(13-23)27-19-12-18(20-14-21-19)22-8-2-3-9-22/h4-6,11-12,14,16H,2-3,7-10,13H2,1H3. The van der Waals surface area contributed by atoms with E-state index < -0.39 is 10.0 Å². The van der Waals surface area contributed by atoms with Crippen molar-refractivity contribution in [1.29, 1.82) is 0 Å². The number of sulfonamides is 1. The summed E-state index contributed by atoms with van der Waals surface area (Å²) in [6.07, 6.45) is 4.22. The van der Waals surface area contributed by atoms with Crippen LogP contribution in [-0.4, -0.2) is 62.1 Å². The summed E-state index contributed by atoms with van der Waals surface area (Å²) in [5.74, 6) is 1.87. The van der Waals surface area contributed by atoms with Crippen LogP contribution < -0.4 is 14.4 Å². The molecule has 2 saturated heterocycles. The topological polar surface area (TPSA) is 84.9 Å². The summed E-state index contributed by atoms with van der Waals surface area (Å²) in [6, 6.07) is 8.36. The number of benzene rings is 1. The van der Waals surface area contributed by atoms with Gasteiger partial charge in [0.15, 0.2) is 0 Å². The Morgan fingerprint density at radius 1 is 1.11 bits per heavy atom. The van der Waals surface area contributed by atoms with E-state index in [9.17, 15) is 8.42 Å². The molecule has 1 atom stereocenters. The molecule has 2 aliphatic heterocycles. The van der Waals surface area contributed by atoms with E-state index >= 15 is 0 Å². The molecule has 1 aromatic carbocycles. The maximum Gasteiger partial charge on any atom is 0.243 e. The Bertz CT molecular complexity index is 931. The molecular formula is C19H24N4O4S. The molecule has 0 radical (unpaired) electrons. The van der Waals surface area contributed by atoms with E-state index in [0.717, 1.165) is 18.9 Å². The van der Waals surface area contributed by atoms with E-state index in [1.807, 2.05) is 6.07 Å². The quantitative estimate of drug-likeness (QED) is 0.727. The molecule has 0 spiro atoms. The smallest absolute Gasteiger partial charge is 0.243 e. The number of hydrogen-bond donors (Lipinski definition) is 0. The van der Waals surface area contributed by atoms with Gasteiger partial charge in [-0.25, -0.2) is 18.4 Å². The molecule has 0 bridgehead atoms. The van der Waals surface area contributed by atoms with Gasteiger partial charge < -0.3 is 14.4 Å². The van der Waals surface area contributed by atoms with Crippen molar-refractivity contribution in [3.05, 3.63) is 36.7 Å². The average molecular weight is 404 g/mol. The van der Waals surface area contributed by atoms with Crippen LogP contribution in [0.2, 0.25) is 0 Å². The van der Waals surface area contributed by atoms with Crippen LogP contribution in [0.15, 0.2) is 41.6 Å². The van der Waals surface area contributed by atoms with Crippen LogP contribution in [0.5, 0.6) is 11.6 Å². The van der Waals surface area contributed by atoms with Crippen molar-refractivity contribution in [2.24, 2.45) is 0 Å². The maximum absolute atomic E-state index is 12.9. The van der Waals surface area contributed by atoms with Gasteiger partial charge in [0.2, 0.25) is 15.9 Å². The largest absolute Gasteiger partial charge is 0.497 e. The monoisotopic (exact) mass is 404 g/mol. The highest BCUT2D eigenvalue weighted by Gasteiger charge is 2.34. The highest BCUT2D eigenvalue weighted by Crippen LogP contribution is 2.27. The maximum atomic E-state index is 12.9. The predicted octanol–water partition coefficient (Wildman–Crippen LogP) is 1.93. The first-order valence-corrected chi connectivity index (χ1v) is 10.9. The predicted molar refractivity (Wildman–Crippen MR) is 104 cm³/mol. The molecule has 0 amide bonds. The van der Waals surface area contributed by atoms with E-state index in [4.69, 9.17) is 9.47 Å². The normalized spacial score (nSPS) is 20.5. The molecule has 150 valence electrons. The van der Waals surface area contributed by atoms with Gasteiger partial charge in [-0.2, -0.15) is 4.31 Å². The van der Waals surface area contributed by atoms with Crippen molar-refractivity contribution < 1.29 is 17.9 Å². The number of nitrogens with zero attached hydrogens (tertiary/aromatic N) is 4. The van der Waals surface area contributed by atoms with Gasteiger partial charge in [0.05, 0.1) is 18.6 Å². The fraction of sp³-hybridized carbons (Fsp3) is 0.474. The zero-order chi connectivity index (χ0) is 19.6. The summed E-state index contributed by atoms with van der Waals surface area (Å²) >= 11 is 0. The second kappa shape index (κ2) is 7.92. The van der Waals surface area contributed by atoms with E-state index in [2.05, 4.69) is 14.9 Å². The summed E-state index contributed by atoms with van der Waals surface area (Å²) in [4.78, 5) is 11.0. The van der Waals surface area contributed by atoms with E-state index in [-0.39, 0.29) is 11.0 Å². The van der Waals surface area contributed by atoms with Gasteiger partial charge in [-0.05, 0) is 31.4 Å². The molecular weight excluding hydrogens is 380 g/mol. The van der Waals surface area contributed by atoms with Crippen LogP contribution in [0, 0.1) is 0 Å². The third kappa shape index (κ3) is 3.90. The minimum absolute atomic E-state index is 0.228. The molecule has 9 heteroatoms. The Balaban J connectivity index is 1.43. The van der Waals surface area contributed by atoms with Crippen molar-refractivity contribution in [2.45, 2.75) is 30.3 Å². The number of hydrogen-bond acceptors (Lipinski definition) is 7. The minimum atomic E-state index is -3.59. The van der Waals surface area contributed by atoms with Crippen LogP contribution in [-0.2, 0) is 10.0 Å². The van der Waals surface area contributed by atoms with Crippen molar-refractivity contribution in [3.8, 4) is 11.6 Å². The lowest BCUT2D eigenvalue weighted by Crippen LogP contribution is -2.31. The van der Waals surface area contributed by atoms with Gasteiger partial charge in [0.25, 0.3) is 0 Å². The molecule has 1 unspecified atom stereocenters. The lowest BCUT2D eigenvalue weighted by molar-refractivity contribution is 0.206. The summed E-state index contributed by atoms with van der Waals surface area (Å²) in [5.41, 5.74) is 0. The lowest BCUT2D eigenvalue weighted by atomic mass is 10.3. The van der Waals surface area contributed by atoms with E-state index in [1.165, 1.54) is 36.7 Å². The zero-order valence-corrected chi connectivity index (χ0v) is 16.6. The molecule has 0 saturated carbocycles. The summed E-state index contributed by atoms with van der Waals surface area (Å²) in [5, 5.41) is 0. The van der Waals surface area contributed by atoms with Gasteiger partial charge in [0.1, 0.15) is 24.0 Å². The number of methoxy groups -OCH3 is 1. The molecule has 2 aromatic rings. The molecule has 0 N–H and O–H groups in total. The fourth-order valence-electron chi connectivity index (χ4n) is 3.61. The van der Waals surface area contributed by atoms with Crippen molar-refractivity contribution in [2.75, 3.05) is 38.2 Å². The lowest BCUT2D eigenvalue weighted by Gasteiger charge is -2.19. The molecule has 8 nitrogen and oxygen atoms in total. The number of aromatic nitrogens is 2. The molecule has 3 heterocycles. The number of anilines is 1. The second-order valence-electron chi connectivity index (χ2n) is 6.98. The Labute approximate surface area is 165 Å². The summed E-state index contributed by atoms with van der Waals surface area (Å²) in [6.45, 7) is 2.69. The molecule has 28 heavy (non-hydrogen) atoms. The molecule has 4 rings (SSSR count). The third-order valence-electron chi connectivity index (χ3n) is 5.13. The second-order valence-corrected chi connectivity index (χ2v) is 8.92. The third-order valence-corrected chi connectivity index (χ3v) is 6.99. The number of ether oxygens (including phenoxy) is 2. The van der Waals surface area contributed by atoms with Crippen LogP contribution >= 0.6 is 0 Å². The zero-order valence-electron chi connectivity index (χ0n) is 15.8. The van der Waals surface area contributed by atoms with Gasteiger partial charge in [0, 0.05) is 31.8 Å². The van der Waals surface area contributed by atoms with Crippen molar-refractivity contribution in [3.63, 3.8) is 0 Å². The SMILES string of the molecule is COc1cccc(S(=O)(=O)N2CCC(Oc3cc(N4CCCC4)ncn3)C2)c1. The minimum Gasteiger partial charge on any atom is -0.497 e. The van der Waals surface area contributed by atoms with E-state index in [0.29, 0.717) is 31.1 Å². The molecule has 1 aromatic heterocycles. The van der Waals surface area contributed by atoms with Gasteiger partial charge in [-0.3, -0.25) is 0 Å². The van der Waals surface area contributed by atoms with Gasteiger partial charge >= 0.3 is 0 Å². The van der Waals surface area contributed by atoms with Gasteiger partial charge in [-0.15, -0.1) is 0 Å². The Kier molecular flexibility index (Phi) is 5.36. The van der Waals surface area contributed by atoms with Crippen LogP contribution in [0.1, 0.15) is 19.3 Å². The Morgan fingerprint density at radius 3 is 2.71 bits per heavy atom. The van der Waals surface area contributed by atoms with Gasteiger partial charge in [-0.1, -0.05) is 6.07 Å². The molecule has 2 fully saturated rings. The molecule has 0 aliphatic carbocycles. The highest BCUT2D eigenvalue weighted by molar-refractivity contribution is 7.89. The first-order valence-electron chi connectivity index (χ1n) is 9.44. The Morgan fingerprint density at radius 2 is 1.93 bits per heavy atom. The van der Waals surface area contributed by atoms with Crippen LogP contribution in [0.4, 0.5) is 5.82 Å². The average Bonchev–Trinajstić information content (AvgIpc) is 3.41. The Hall–Kier alpha value is -2.39. The molecule has 2 aliphatic rings. The van der Waals surface area contributed by atoms with E-state index in [1.54, 1.807) is 18.2 Å². The number of rotatable bonds is 6. The first kappa shape index (κ1) is 18.9. The first-order chi connectivity index (χ1) is 13.6. The van der Waals surface area contributed by atoms with Crippen LogP contribution in [0.3, 0.4) is 0 Å².